The second kappa shape index (κ2) is 8.71. The summed E-state index contributed by atoms with van der Waals surface area (Å²) in [4.78, 5) is 13.7. The van der Waals surface area contributed by atoms with Gasteiger partial charge < -0.3 is 24.5 Å². The van der Waals surface area contributed by atoms with Gasteiger partial charge in [0.25, 0.3) is 5.56 Å². The lowest BCUT2D eigenvalue weighted by Crippen LogP contribution is -2.33. The van der Waals surface area contributed by atoms with Crippen LogP contribution in [0.2, 0.25) is 0 Å². The molecule has 0 radical (unpaired) electrons. The van der Waals surface area contributed by atoms with Gasteiger partial charge in [0.1, 0.15) is 23.2 Å². The van der Waals surface area contributed by atoms with Gasteiger partial charge in [-0.05, 0) is 42.3 Å². The standard InChI is InChI=1S/C25H22FN3O4/c1-14-9-21-23(22(18(12-27)24(28)33-21)16-5-4-6-17(26)11-16)25(30)29(14)13-15-7-8-19(31-2)20(10-15)32-3/h4-11,22H,13,28H2,1-3H3/t22-/m0/s1. The lowest BCUT2D eigenvalue weighted by atomic mass is 9.84. The number of hydrogen-bond acceptors (Lipinski definition) is 6. The van der Waals surface area contributed by atoms with Crippen LogP contribution in [-0.4, -0.2) is 18.8 Å². The number of allylic oxidation sites excluding steroid dienone is 1. The van der Waals surface area contributed by atoms with Crippen molar-refractivity contribution in [3.63, 3.8) is 0 Å². The molecule has 2 heterocycles. The highest BCUT2D eigenvalue weighted by atomic mass is 19.1. The molecule has 0 bridgehead atoms. The Balaban J connectivity index is 1.88. The maximum atomic E-state index is 14.0. The zero-order valence-corrected chi connectivity index (χ0v) is 18.4. The lowest BCUT2D eigenvalue weighted by molar-refractivity contribution is 0.354. The molecule has 1 aliphatic rings. The van der Waals surface area contributed by atoms with Crippen molar-refractivity contribution in [1.82, 2.24) is 4.57 Å². The topological polar surface area (TPSA) is 99.5 Å². The van der Waals surface area contributed by atoms with Crippen LogP contribution in [-0.2, 0) is 6.54 Å². The minimum Gasteiger partial charge on any atom is -0.493 e. The highest BCUT2D eigenvalue weighted by molar-refractivity contribution is 5.55. The first kappa shape index (κ1) is 22.0. The van der Waals surface area contributed by atoms with E-state index in [4.69, 9.17) is 19.9 Å². The molecule has 0 amide bonds. The van der Waals surface area contributed by atoms with Crippen molar-refractivity contribution in [3.05, 3.63) is 98.5 Å². The number of nitriles is 1. The van der Waals surface area contributed by atoms with Gasteiger partial charge in [-0.15, -0.1) is 0 Å². The number of ether oxygens (including phenoxy) is 3. The van der Waals surface area contributed by atoms with Crippen molar-refractivity contribution < 1.29 is 18.6 Å². The first-order valence-electron chi connectivity index (χ1n) is 10.2. The summed E-state index contributed by atoms with van der Waals surface area (Å²) in [7, 11) is 3.09. The summed E-state index contributed by atoms with van der Waals surface area (Å²) in [5.74, 6) is -0.0485. The number of halogens is 1. The molecule has 3 aromatic rings. The zero-order valence-electron chi connectivity index (χ0n) is 18.4. The summed E-state index contributed by atoms with van der Waals surface area (Å²) < 4.78 is 31.9. The maximum Gasteiger partial charge on any atom is 0.259 e. The molecule has 1 atom stereocenters. The summed E-state index contributed by atoms with van der Waals surface area (Å²) in [6, 6.07) is 14.9. The first-order chi connectivity index (χ1) is 15.9. The Kier molecular flexibility index (Phi) is 5.80. The third-order valence-corrected chi connectivity index (χ3v) is 5.66. The summed E-state index contributed by atoms with van der Waals surface area (Å²) >= 11 is 0. The molecule has 1 aliphatic heterocycles. The monoisotopic (exact) mass is 447 g/mol. The van der Waals surface area contributed by atoms with Crippen molar-refractivity contribution in [2.24, 2.45) is 5.73 Å². The smallest absolute Gasteiger partial charge is 0.259 e. The van der Waals surface area contributed by atoms with Crippen molar-refractivity contribution >= 4 is 0 Å². The number of aromatic nitrogens is 1. The van der Waals surface area contributed by atoms with Gasteiger partial charge in [-0.25, -0.2) is 4.39 Å². The number of hydrogen-bond donors (Lipinski definition) is 1. The van der Waals surface area contributed by atoms with Gasteiger partial charge >= 0.3 is 0 Å². The summed E-state index contributed by atoms with van der Waals surface area (Å²) in [6.45, 7) is 2.03. The third-order valence-electron chi connectivity index (χ3n) is 5.66. The van der Waals surface area contributed by atoms with Crippen LogP contribution in [0.4, 0.5) is 4.39 Å². The Morgan fingerprint density at radius 2 is 1.91 bits per heavy atom. The van der Waals surface area contributed by atoms with E-state index >= 15 is 0 Å². The number of aryl methyl sites for hydroxylation is 1. The summed E-state index contributed by atoms with van der Waals surface area (Å²) in [6.07, 6.45) is 0. The molecular formula is C25H22FN3O4. The van der Waals surface area contributed by atoms with Crippen LogP contribution in [0, 0.1) is 24.1 Å². The molecule has 0 saturated carbocycles. The Morgan fingerprint density at radius 1 is 1.15 bits per heavy atom. The van der Waals surface area contributed by atoms with Crippen LogP contribution in [0.25, 0.3) is 0 Å². The van der Waals surface area contributed by atoms with Crippen LogP contribution < -0.4 is 25.5 Å². The minimum absolute atomic E-state index is 0.0618. The molecular weight excluding hydrogens is 425 g/mol. The predicted molar refractivity (Wildman–Crippen MR) is 120 cm³/mol. The second-order valence-corrected chi connectivity index (χ2v) is 7.62. The quantitative estimate of drug-likeness (QED) is 0.642. The molecule has 0 spiro atoms. The fraction of sp³-hybridized carbons (Fsp3) is 0.200. The van der Waals surface area contributed by atoms with Gasteiger partial charge in [0.2, 0.25) is 5.88 Å². The van der Waals surface area contributed by atoms with Gasteiger partial charge in [-0.1, -0.05) is 18.2 Å². The van der Waals surface area contributed by atoms with Crippen molar-refractivity contribution in [1.29, 1.82) is 5.26 Å². The van der Waals surface area contributed by atoms with Gasteiger partial charge in [-0.3, -0.25) is 4.79 Å². The number of benzene rings is 2. The molecule has 2 aromatic carbocycles. The number of rotatable bonds is 5. The number of methoxy groups -OCH3 is 2. The lowest BCUT2D eigenvalue weighted by Gasteiger charge is -2.27. The average Bonchev–Trinajstić information content (AvgIpc) is 2.80. The molecule has 33 heavy (non-hydrogen) atoms. The van der Waals surface area contributed by atoms with E-state index in [9.17, 15) is 14.4 Å². The Labute approximate surface area is 190 Å². The van der Waals surface area contributed by atoms with Crippen LogP contribution in [0.1, 0.15) is 28.3 Å². The minimum atomic E-state index is -0.848. The second-order valence-electron chi connectivity index (χ2n) is 7.62. The zero-order chi connectivity index (χ0) is 23.7. The Bertz CT molecular complexity index is 1370. The largest absolute Gasteiger partial charge is 0.493 e. The van der Waals surface area contributed by atoms with E-state index in [1.165, 1.54) is 18.2 Å². The molecule has 0 aliphatic carbocycles. The van der Waals surface area contributed by atoms with E-state index < -0.39 is 11.7 Å². The van der Waals surface area contributed by atoms with Crippen LogP contribution in [0.15, 0.2) is 64.8 Å². The molecule has 168 valence electrons. The molecule has 4 rings (SSSR count). The summed E-state index contributed by atoms with van der Waals surface area (Å²) in [5, 5.41) is 9.75. The van der Waals surface area contributed by atoms with Crippen molar-refractivity contribution in [2.75, 3.05) is 14.2 Å². The van der Waals surface area contributed by atoms with E-state index in [0.717, 1.165) is 5.56 Å². The third kappa shape index (κ3) is 3.89. The molecule has 2 N–H and O–H groups in total. The fourth-order valence-electron chi connectivity index (χ4n) is 4.06. The van der Waals surface area contributed by atoms with E-state index in [1.807, 2.05) is 12.1 Å². The van der Waals surface area contributed by atoms with Crippen LogP contribution in [0.3, 0.4) is 0 Å². The number of pyridine rings is 1. The summed E-state index contributed by atoms with van der Waals surface area (Å²) in [5.41, 5.74) is 7.83. The number of nitrogens with zero attached hydrogens (tertiary/aromatic N) is 2. The molecule has 0 fully saturated rings. The maximum absolute atomic E-state index is 14.0. The highest BCUT2D eigenvalue weighted by Crippen LogP contribution is 2.40. The van der Waals surface area contributed by atoms with Gasteiger partial charge in [-0.2, -0.15) is 5.26 Å². The van der Waals surface area contributed by atoms with Gasteiger partial charge in [0.15, 0.2) is 11.5 Å². The fourth-order valence-corrected chi connectivity index (χ4v) is 4.06. The Hall–Kier alpha value is -4.25. The van der Waals surface area contributed by atoms with Crippen LogP contribution in [0.5, 0.6) is 17.2 Å². The van der Waals surface area contributed by atoms with Crippen molar-refractivity contribution in [3.8, 4) is 23.3 Å². The SMILES string of the molecule is COc1ccc(Cn2c(C)cc3c(c2=O)[C@@H](c2cccc(F)c2)C(C#N)=C(N)O3)cc1OC. The predicted octanol–water partition coefficient (Wildman–Crippen LogP) is 3.58. The van der Waals surface area contributed by atoms with E-state index in [0.29, 0.717) is 22.8 Å². The van der Waals surface area contributed by atoms with Gasteiger partial charge in [0.05, 0.1) is 32.2 Å². The van der Waals surface area contributed by atoms with Gasteiger partial charge in [0, 0.05) is 11.8 Å². The first-order valence-corrected chi connectivity index (χ1v) is 10.2. The highest BCUT2D eigenvalue weighted by Gasteiger charge is 2.34. The van der Waals surface area contributed by atoms with Crippen LogP contribution >= 0.6 is 0 Å². The average molecular weight is 447 g/mol. The molecule has 0 saturated heterocycles. The van der Waals surface area contributed by atoms with Crippen molar-refractivity contribution in [2.45, 2.75) is 19.4 Å². The molecule has 8 heteroatoms. The van der Waals surface area contributed by atoms with E-state index in [1.54, 1.807) is 50.0 Å². The molecule has 1 aromatic heterocycles. The normalized spacial score (nSPS) is 14.8. The number of fused-ring (bicyclic) bond motifs is 1. The molecule has 7 nitrogen and oxygen atoms in total. The van der Waals surface area contributed by atoms with E-state index in [-0.39, 0.29) is 34.9 Å². The van der Waals surface area contributed by atoms with E-state index in [2.05, 4.69) is 0 Å². The number of nitrogens with two attached hydrogens (primary N) is 1. The molecule has 0 unspecified atom stereocenters. The Morgan fingerprint density at radius 3 is 2.58 bits per heavy atom.